The van der Waals surface area contributed by atoms with Crippen LogP contribution in [0.1, 0.15) is 22.7 Å². The molecule has 0 heterocycles. The van der Waals surface area contributed by atoms with E-state index in [9.17, 15) is 0 Å². The Morgan fingerprint density at radius 1 is 1.10 bits per heavy atom. The maximum atomic E-state index is 6.26. The molecule has 0 aliphatic carbocycles. The zero-order valence-corrected chi connectivity index (χ0v) is 12.8. The average molecular weight is 311 g/mol. The van der Waals surface area contributed by atoms with Crippen molar-refractivity contribution >= 4 is 23.2 Å². The molecule has 106 valence electrons. The van der Waals surface area contributed by atoms with E-state index in [4.69, 9.17) is 33.8 Å². The van der Waals surface area contributed by atoms with E-state index in [1.165, 1.54) is 0 Å². The fourth-order valence-corrected chi connectivity index (χ4v) is 2.70. The molecular weight excluding hydrogens is 295 g/mol. The van der Waals surface area contributed by atoms with Gasteiger partial charge in [-0.1, -0.05) is 35.3 Å². The van der Waals surface area contributed by atoms with Gasteiger partial charge >= 0.3 is 0 Å². The maximum absolute atomic E-state index is 6.26. The molecule has 0 aromatic heterocycles. The second kappa shape index (κ2) is 6.46. The van der Waals surface area contributed by atoms with E-state index in [1.54, 1.807) is 19.2 Å². The highest BCUT2D eigenvalue weighted by Crippen LogP contribution is 2.32. The fraction of sp³-hybridized carbons (Fsp3) is 0.200. The molecule has 1 unspecified atom stereocenters. The molecule has 0 bridgehead atoms. The summed E-state index contributed by atoms with van der Waals surface area (Å²) in [6.45, 7) is 2.01. The second-order valence-corrected chi connectivity index (χ2v) is 5.33. The number of rotatable bonds is 4. The first-order valence-electron chi connectivity index (χ1n) is 6.12. The number of nitrogens with one attached hydrogen (secondary N) is 1. The zero-order valence-electron chi connectivity index (χ0n) is 11.3. The van der Waals surface area contributed by atoms with Crippen LogP contribution in [0.3, 0.4) is 0 Å². The number of hydrogen-bond donors (Lipinski definition) is 2. The lowest BCUT2D eigenvalue weighted by atomic mass is 9.95. The average Bonchev–Trinajstić information content (AvgIpc) is 2.43. The van der Waals surface area contributed by atoms with Gasteiger partial charge in [-0.25, -0.2) is 5.43 Å². The molecule has 2 aromatic rings. The van der Waals surface area contributed by atoms with Gasteiger partial charge in [-0.15, -0.1) is 0 Å². The molecule has 2 aromatic carbocycles. The smallest absolute Gasteiger partial charge is 0.119 e. The lowest BCUT2D eigenvalue weighted by molar-refractivity contribution is 0.414. The van der Waals surface area contributed by atoms with Gasteiger partial charge < -0.3 is 4.74 Å². The first-order valence-corrected chi connectivity index (χ1v) is 6.88. The van der Waals surface area contributed by atoms with Crippen LogP contribution >= 0.6 is 23.2 Å². The summed E-state index contributed by atoms with van der Waals surface area (Å²) in [6.07, 6.45) is 0. The molecular formula is C15H16Cl2N2O. The van der Waals surface area contributed by atoms with Crippen molar-refractivity contribution in [1.82, 2.24) is 5.43 Å². The largest absolute Gasteiger partial charge is 0.497 e. The highest BCUT2D eigenvalue weighted by atomic mass is 35.5. The molecule has 2 rings (SSSR count). The lowest BCUT2D eigenvalue weighted by Crippen LogP contribution is -2.29. The van der Waals surface area contributed by atoms with Gasteiger partial charge in [-0.05, 0) is 47.9 Å². The minimum atomic E-state index is -0.203. The van der Waals surface area contributed by atoms with Crippen molar-refractivity contribution < 1.29 is 4.74 Å². The quantitative estimate of drug-likeness (QED) is 0.666. The predicted molar refractivity (Wildman–Crippen MR) is 83.4 cm³/mol. The first kappa shape index (κ1) is 15.1. The summed E-state index contributed by atoms with van der Waals surface area (Å²) >= 11 is 12.2. The number of nitrogens with two attached hydrogens (primary N) is 1. The van der Waals surface area contributed by atoms with Crippen LogP contribution in [0.15, 0.2) is 36.4 Å². The first-order chi connectivity index (χ1) is 9.56. The van der Waals surface area contributed by atoms with Crippen LogP contribution in [-0.2, 0) is 0 Å². The molecule has 0 fully saturated rings. The van der Waals surface area contributed by atoms with Gasteiger partial charge in [0, 0.05) is 10.0 Å². The predicted octanol–water partition coefficient (Wildman–Crippen LogP) is 3.86. The lowest BCUT2D eigenvalue weighted by Gasteiger charge is -2.21. The van der Waals surface area contributed by atoms with Crippen molar-refractivity contribution in [3.63, 3.8) is 0 Å². The maximum Gasteiger partial charge on any atom is 0.119 e. The molecule has 0 saturated heterocycles. The highest BCUT2D eigenvalue weighted by Gasteiger charge is 2.18. The molecule has 5 heteroatoms. The Balaban J connectivity index is 2.47. The molecule has 0 saturated carbocycles. The number of hydrazine groups is 1. The van der Waals surface area contributed by atoms with Gasteiger partial charge in [-0.2, -0.15) is 0 Å². The standard InChI is InChI=1S/C15H16Cl2N2O/c1-9-7-11(20-2)4-6-12(9)15(19-18)13-5-3-10(16)8-14(13)17/h3-8,15,19H,18H2,1-2H3. The van der Waals surface area contributed by atoms with Crippen molar-refractivity contribution in [2.45, 2.75) is 13.0 Å². The van der Waals surface area contributed by atoms with Crippen molar-refractivity contribution in [2.75, 3.05) is 7.11 Å². The van der Waals surface area contributed by atoms with Gasteiger partial charge in [0.05, 0.1) is 13.2 Å². The fourth-order valence-electron chi connectivity index (χ4n) is 2.18. The van der Waals surface area contributed by atoms with Crippen molar-refractivity contribution in [3.05, 3.63) is 63.1 Å². The Bertz CT molecular complexity index is 617. The molecule has 0 spiro atoms. The van der Waals surface area contributed by atoms with E-state index in [0.717, 1.165) is 22.4 Å². The zero-order chi connectivity index (χ0) is 14.7. The van der Waals surface area contributed by atoms with E-state index in [1.807, 2.05) is 31.2 Å². The molecule has 0 aliphatic heterocycles. The third kappa shape index (κ3) is 3.07. The normalized spacial score (nSPS) is 12.2. The molecule has 3 N–H and O–H groups in total. The van der Waals surface area contributed by atoms with Gasteiger partial charge in [0.2, 0.25) is 0 Å². The third-order valence-electron chi connectivity index (χ3n) is 3.23. The highest BCUT2D eigenvalue weighted by molar-refractivity contribution is 6.35. The van der Waals surface area contributed by atoms with Crippen LogP contribution in [0.2, 0.25) is 10.0 Å². The number of hydrogen-bond acceptors (Lipinski definition) is 3. The molecule has 0 aliphatic rings. The molecule has 20 heavy (non-hydrogen) atoms. The van der Waals surface area contributed by atoms with Crippen LogP contribution in [0, 0.1) is 6.92 Å². The number of aryl methyl sites for hydroxylation is 1. The molecule has 1 atom stereocenters. The van der Waals surface area contributed by atoms with Crippen LogP contribution in [-0.4, -0.2) is 7.11 Å². The van der Waals surface area contributed by atoms with Crippen LogP contribution < -0.4 is 16.0 Å². The number of benzene rings is 2. The van der Waals surface area contributed by atoms with Crippen LogP contribution in [0.4, 0.5) is 0 Å². The minimum Gasteiger partial charge on any atom is -0.497 e. The monoisotopic (exact) mass is 310 g/mol. The van der Waals surface area contributed by atoms with Crippen molar-refractivity contribution in [2.24, 2.45) is 5.84 Å². The number of halogens is 2. The van der Waals surface area contributed by atoms with E-state index in [2.05, 4.69) is 5.43 Å². The molecule has 0 amide bonds. The topological polar surface area (TPSA) is 47.3 Å². The Kier molecular flexibility index (Phi) is 4.89. The van der Waals surface area contributed by atoms with Crippen LogP contribution in [0.25, 0.3) is 0 Å². The SMILES string of the molecule is COc1ccc(C(NN)c2ccc(Cl)cc2Cl)c(C)c1. The third-order valence-corrected chi connectivity index (χ3v) is 3.79. The Morgan fingerprint density at radius 2 is 1.80 bits per heavy atom. The summed E-state index contributed by atoms with van der Waals surface area (Å²) in [6, 6.07) is 11.0. The van der Waals surface area contributed by atoms with E-state index < -0.39 is 0 Å². The van der Waals surface area contributed by atoms with E-state index in [0.29, 0.717) is 10.0 Å². The van der Waals surface area contributed by atoms with Gasteiger partial charge in [-0.3, -0.25) is 5.84 Å². The van der Waals surface area contributed by atoms with Gasteiger partial charge in [0.15, 0.2) is 0 Å². The Hall–Kier alpha value is -1.26. The van der Waals surface area contributed by atoms with Gasteiger partial charge in [0.25, 0.3) is 0 Å². The number of ether oxygens (including phenoxy) is 1. The Morgan fingerprint density at radius 3 is 2.35 bits per heavy atom. The summed E-state index contributed by atoms with van der Waals surface area (Å²) in [5.41, 5.74) is 5.79. The van der Waals surface area contributed by atoms with Crippen molar-refractivity contribution in [3.8, 4) is 5.75 Å². The Labute approximate surface area is 128 Å². The van der Waals surface area contributed by atoms with E-state index in [-0.39, 0.29) is 6.04 Å². The summed E-state index contributed by atoms with van der Waals surface area (Å²) in [5.74, 6) is 6.52. The van der Waals surface area contributed by atoms with Crippen molar-refractivity contribution in [1.29, 1.82) is 0 Å². The van der Waals surface area contributed by atoms with E-state index >= 15 is 0 Å². The second-order valence-electron chi connectivity index (χ2n) is 4.49. The number of methoxy groups -OCH3 is 1. The summed E-state index contributed by atoms with van der Waals surface area (Å²) in [7, 11) is 1.64. The summed E-state index contributed by atoms with van der Waals surface area (Å²) in [5, 5.41) is 1.18. The van der Waals surface area contributed by atoms with Gasteiger partial charge in [0.1, 0.15) is 5.75 Å². The summed E-state index contributed by atoms with van der Waals surface area (Å²) in [4.78, 5) is 0. The molecule has 3 nitrogen and oxygen atoms in total. The summed E-state index contributed by atoms with van der Waals surface area (Å²) < 4.78 is 5.21. The molecule has 0 radical (unpaired) electrons. The van der Waals surface area contributed by atoms with Crippen LogP contribution in [0.5, 0.6) is 5.75 Å². The minimum absolute atomic E-state index is 0.203.